The third-order valence-corrected chi connectivity index (χ3v) is 5.03. The molecule has 0 atom stereocenters. The summed E-state index contributed by atoms with van der Waals surface area (Å²) >= 11 is 0. The first-order valence-corrected chi connectivity index (χ1v) is 8.64. The van der Waals surface area contributed by atoms with Crippen molar-refractivity contribution >= 4 is 0 Å². The molecule has 3 rings (SSSR count). The van der Waals surface area contributed by atoms with E-state index in [1.807, 2.05) is 18.2 Å². The largest absolute Gasteiger partial charge is 0.508 e. The fraction of sp³-hybridized carbons (Fsp3) is 0.217. The van der Waals surface area contributed by atoms with Gasteiger partial charge in [0.2, 0.25) is 0 Å². The van der Waals surface area contributed by atoms with E-state index < -0.39 is 0 Å². The molecule has 2 heteroatoms. The van der Waals surface area contributed by atoms with E-state index in [0.29, 0.717) is 5.75 Å². The molecular weight excluding hydrogens is 308 g/mol. The normalized spacial score (nSPS) is 11.5. The molecule has 0 radical (unpaired) electrons. The highest BCUT2D eigenvalue weighted by Crippen LogP contribution is 2.37. The van der Waals surface area contributed by atoms with Crippen LogP contribution in [0.25, 0.3) is 22.3 Å². The van der Waals surface area contributed by atoms with Crippen molar-refractivity contribution < 1.29 is 10.2 Å². The average molecular weight is 332 g/mol. The molecule has 0 unspecified atom stereocenters. The van der Waals surface area contributed by atoms with Gasteiger partial charge in [-0.15, -0.1) is 0 Å². The quantitative estimate of drug-likeness (QED) is 0.604. The zero-order valence-electron chi connectivity index (χ0n) is 15.0. The van der Waals surface area contributed by atoms with E-state index in [1.54, 1.807) is 18.2 Å². The van der Waals surface area contributed by atoms with Gasteiger partial charge in [-0.1, -0.05) is 63.2 Å². The summed E-state index contributed by atoms with van der Waals surface area (Å²) in [4.78, 5) is 0. The Morgan fingerprint density at radius 3 is 1.64 bits per heavy atom. The zero-order chi connectivity index (χ0) is 18.0. The Kier molecular flexibility index (Phi) is 4.54. The molecule has 0 spiro atoms. The second kappa shape index (κ2) is 6.64. The molecule has 0 bridgehead atoms. The van der Waals surface area contributed by atoms with Crippen LogP contribution in [0.4, 0.5) is 0 Å². The highest BCUT2D eigenvalue weighted by molar-refractivity contribution is 5.71. The van der Waals surface area contributed by atoms with Gasteiger partial charge in [-0.05, 0) is 58.4 Å². The van der Waals surface area contributed by atoms with Crippen LogP contribution in [0.3, 0.4) is 0 Å². The summed E-state index contributed by atoms with van der Waals surface area (Å²) in [5.74, 6) is 0.631. The number of phenols is 2. The first kappa shape index (κ1) is 17.1. The van der Waals surface area contributed by atoms with E-state index in [1.165, 1.54) is 0 Å². The summed E-state index contributed by atoms with van der Waals surface area (Å²) in [7, 11) is 0. The third-order valence-electron chi connectivity index (χ3n) is 5.03. The predicted octanol–water partition coefficient (Wildman–Crippen LogP) is 6.12. The molecule has 128 valence electrons. The van der Waals surface area contributed by atoms with Gasteiger partial charge in [0.15, 0.2) is 0 Å². The van der Waals surface area contributed by atoms with Crippen LogP contribution in [-0.4, -0.2) is 10.2 Å². The maximum absolute atomic E-state index is 10.2. The van der Waals surface area contributed by atoms with Crippen LogP contribution >= 0.6 is 0 Å². The number of hydrogen-bond acceptors (Lipinski definition) is 2. The van der Waals surface area contributed by atoms with Crippen molar-refractivity contribution in [3.63, 3.8) is 0 Å². The monoisotopic (exact) mass is 332 g/mol. The van der Waals surface area contributed by atoms with Crippen molar-refractivity contribution in [2.45, 2.75) is 32.6 Å². The van der Waals surface area contributed by atoms with Gasteiger partial charge in [0.05, 0.1) is 0 Å². The van der Waals surface area contributed by atoms with Crippen molar-refractivity contribution in [3.8, 4) is 33.8 Å². The third kappa shape index (κ3) is 3.53. The Labute approximate surface area is 149 Å². The molecular formula is C23H24O2. The van der Waals surface area contributed by atoms with Crippen LogP contribution in [0.15, 0.2) is 66.7 Å². The SMILES string of the molecule is CCC(C)(C)c1cc(-c2ccc(-c3ccc(O)cc3)cc2)ccc1O. The van der Waals surface area contributed by atoms with Crippen molar-refractivity contribution in [3.05, 3.63) is 72.3 Å². The molecule has 0 aliphatic rings. The number of phenolic OH excluding ortho intramolecular Hbond substituents is 2. The summed E-state index contributed by atoms with van der Waals surface area (Å²) in [6, 6.07) is 21.4. The molecule has 0 saturated heterocycles. The van der Waals surface area contributed by atoms with Gasteiger partial charge in [0.1, 0.15) is 11.5 Å². The van der Waals surface area contributed by atoms with Crippen molar-refractivity contribution in [1.29, 1.82) is 0 Å². The molecule has 0 heterocycles. The first-order chi connectivity index (χ1) is 11.9. The molecule has 25 heavy (non-hydrogen) atoms. The smallest absolute Gasteiger partial charge is 0.119 e. The average Bonchev–Trinajstić information content (AvgIpc) is 2.63. The van der Waals surface area contributed by atoms with Gasteiger partial charge < -0.3 is 10.2 Å². The van der Waals surface area contributed by atoms with Crippen LogP contribution in [0, 0.1) is 0 Å². The lowest BCUT2D eigenvalue weighted by molar-refractivity contribution is 0.429. The molecule has 0 aliphatic heterocycles. The van der Waals surface area contributed by atoms with Crippen molar-refractivity contribution in [2.75, 3.05) is 0 Å². The summed E-state index contributed by atoms with van der Waals surface area (Å²) in [6.07, 6.45) is 0.962. The number of aromatic hydroxyl groups is 2. The van der Waals surface area contributed by atoms with Gasteiger partial charge in [0.25, 0.3) is 0 Å². The van der Waals surface area contributed by atoms with E-state index in [9.17, 15) is 10.2 Å². The molecule has 3 aromatic carbocycles. The Bertz CT molecular complexity index is 860. The molecule has 0 aliphatic carbocycles. The fourth-order valence-corrected chi connectivity index (χ4v) is 2.96. The lowest BCUT2D eigenvalue weighted by Gasteiger charge is -2.25. The fourth-order valence-electron chi connectivity index (χ4n) is 2.96. The highest BCUT2D eigenvalue weighted by Gasteiger charge is 2.22. The molecule has 0 saturated carbocycles. The predicted molar refractivity (Wildman–Crippen MR) is 104 cm³/mol. The molecule has 2 N–H and O–H groups in total. The molecule has 0 fully saturated rings. The Hall–Kier alpha value is -2.74. The highest BCUT2D eigenvalue weighted by atomic mass is 16.3. The van der Waals surface area contributed by atoms with Gasteiger partial charge in [-0.25, -0.2) is 0 Å². The number of hydrogen-bond donors (Lipinski definition) is 2. The standard InChI is InChI=1S/C23H24O2/c1-4-23(2,3)21-15-19(11-14-22(21)25)18-7-5-16(6-8-18)17-9-12-20(24)13-10-17/h5-15,24-25H,4H2,1-3H3. The van der Waals surface area contributed by atoms with Gasteiger partial charge in [0, 0.05) is 5.56 Å². The number of rotatable bonds is 4. The van der Waals surface area contributed by atoms with Crippen LogP contribution in [0.2, 0.25) is 0 Å². The van der Waals surface area contributed by atoms with Gasteiger partial charge in [-0.2, -0.15) is 0 Å². The van der Waals surface area contributed by atoms with Crippen molar-refractivity contribution in [2.24, 2.45) is 0 Å². The maximum Gasteiger partial charge on any atom is 0.119 e. The molecule has 0 amide bonds. The second-order valence-corrected chi connectivity index (χ2v) is 7.09. The number of benzene rings is 3. The van der Waals surface area contributed by atoms with Crippen LogP contribution in [-0.2, 0) is 5.41 Å². The van der Waals surface area contributed by atoms with E-state index >= 15 is 0 Å². The summed E-state index contributed by atoms with van der Waals surface area (Å²) in [5.41, 5.74) is 5.32. The molecule has 0 aromatic heterocycles. The minimum absolute atomic E-state index is 0.0634. The van der Waals surface area contributed by atoms with Crippen LogP contribution in [0.1, 0.15) is 32.8 Å². The van der Waals surface area contributed by atoms with E-state index in [4.69, 9.17) is 0 Å². The van der Waals surface area contributed by atoms with Gasteiger partial charge in [-0.3, -0.25) is 0 Å². The summed E-state index contributed by atoms with van der Waals surface area (Å²) in [6.45, 7) is 6.44. The lowest BCUT2D eigenvalue weighted by Crippen LogP contribution is -2.15. The summed E-state index contributed by atoms with van der Waals surface area (Å²) < 4.78 is 0. The minimum atomic E-state index is -0.0634. The molecule has 2 nitrogen and oxygen atoms in total. The maximum atomic E-state index is 10.2. The van der Waals surface area contributed by atoms with E-state index in [-0.39, 0.29) is 11.2 Å². The Morgan fingerprint density at radius 1 is 0.680 bits per heavy atom. The lowest BCUT2D eigenvalue weighted by atomic mass is 9.80. The molecule has 3 aromatic rings. The zero-order valence-corrected chi connectivity index (χ0v) is 15.0. The minimum Gasteiger partial charge on any atom is -0.508 e. The summed E-state index contributed by atoms with van der Waals surface area (Å²) in [5, 5.41) is 19.7. The van der Waals surface area contributed by atoms with E-state index in [2.05, 4.69) is 51.1 Å². The van der Waals surface area contributed by atoms with Crippen LogP contribution < -0.4 is 0 Å². The topological polar surface area (TPSA) is 40.5 Å². The van der Waals surface area contributed by atoms with Crippen molar-refractivity contribution in [1.82, 2.24) is 0 Å². The van der Waals surface area contributed by atoms with Gasteiger partial charge >= 0.3 is 0 Å². The van der Waals surface area contributed by atoms with Crippen LogP contribution in [0.5, 0.6) is 11.5 Å². The first-order valence-electron chi connectivity index (χ1n) is 8.64. The van der Waals surface area contributed by atoms with E-state index in [0.717, 1.165) is 34.2 Å². The second-order valence-electron chi connectivity index (χ2n) is 7.09. The Morgan fingerprint density at radius 2 is 1.12 bits per heavy atom. The Balaban J connectivity index is 1.95.